The van der Waals surface area contributed by atoms with Gasteiger partial charge >= 0.3 is 5.97 Å². The van der Waals surface area contributed by atoms with Gasteiger partial charge in [0.2, 0.25) is 0 Å². The molecular formula is C19H17ClN2O4. The molecule has 0 amide bonds. The van der Waals surface area contributed by atoms with Crippen molar-refractivity contribution in [3.63, 3.8) is 0 Å². The maximum absolute atomic E-state index is 12.1. The summed E-state index contributed by atoms with van der Waals surface area (Å²) < 4.78 is 12.2. The second kappa shape index (κ2) is 7.58. The Morgan fingerprint density at radius 2 is 1.96 bits per heavy atom. The first kappa shape index (κ1) is 17.9. The molecule has 134 valence electrons. The highest BCUT2D eigenvalue weighted by Gasteiger charge is 2.17. The molecule has 0 bridgehead atoms. The molecule has 0 saturated carbocycles. The van der Waals surface area contributed by atoms with Crippen molar-refractivity contribution in [2.45, 2.75) is 26.6 Å². The van der Waals surface area contributed by atoms with Crippen molar-refractivity contribution in [2.75, 3.05) is 0 Å². The van der Waals surface area contributed by atoms with Gasteiger partial charge in [-0.15, -0.1) is 0 Å². The fourth-order valence-electron chi connectivity index (χ4n) is 2.36. The number of carbonyl (C=O) groups excluding carboxylic acids is 1. The van der Waals surface area contributed by atoms with E-state index in [0.29, 0.717) is 22.1 Å². The summed E-state index contributed by atoms with van der Waals surface area (Å²) in [5.41, 5.74) is 1.61. The first-order valence-electron chi connectivity index (χ1n) is 8.00. The van der Waals surface area contributed by atoms with Gasteiger partial charge in [0.1, 0.15) is 18.0 Å². The van der Waals surface area contributed by atoms with Crippen LogP contribution in [-0.2, 0) is 16.1 Å². The molecule has 0 aliphatic rings. The Balaban J connectivity index is 1.65. The van der Waals surface area contributed by atoms with Crippen LogP contribution >= 0.6 is 11.6 Å². The lowest BCUT2D eigenvalue weighted by Gasteiger charge is -2.14. The van der Waals surface area contributed by atoms with Crippen molar-refractivity contribution in [1.29, 1.82) is 0 Å². The third-order valence-corrected chi connectivity index (χ3v) is 3.93. The van der Waals surface area contributed by atoms with Gasteiger partial charge in [0, 0.05) is 17.3 Å². The monoisotopic (exact) mass is 372 g/mol. The summed E-state index contributed by atoms with van der Waals surface area (Å²) in [4.78, 5) is 28.6. The lowest BCUT2D eigenvalue weighted by molar-refractivity contribution is -0.152. The molecule has 3 aromatic rings. The van der Waals surface area contributed by atoms with Crippen molar-refractivity contribution >= 4 is 23.2 Å². The van der Waals surface area contributed by atoms with Crippen LogP contribution in [0.2, 0.25) is 5.02 Å². The summed E-state index contributed by atoms with van der Waals surface area (Å²) in [7, 11) is 0. The van der Waals surface area contributed by atoms with Gasteiger partial charge in [0.15, 0.2) is 6.10 Å². The maximum Gasteiger partial charge on any atom is 0.347 e. The van der Waals surface area contributed by atoms with Gasteiger partial charge in [0.25, 0.3) is 5.56 Å². The number of halogens is 1. The summed E-state index contributed by atoms with van der Waals surface area (Å²) in [5, 5.41) is 0.580. The van der Waals surface area contributed by atoms with E-state index in [1.54, 1.807) is 43.5 Å². The van der Waals surface area contributed by atoms with Crippen LogP contribution in [0, 0.1) is 6.92 Å². The van der Waals surface area contributed by atoms with Crippen molar-refractivity contribution < 1.29 is 14.3 Å². The lowest BCUT2D eigenvalue weighted by Crippen LogP contribution is -2.26. The largest absolute Gasteiger partial charge is 0.479 e. The van der Waals surface area contributed by atoms with Crippen LogP contribution < -0.4 is 10.3 Å². The number of pyridine rings is 1. The Hall–Kier alpha value is -2.86. The van der Waals surface area contributed by atoms with Gasteiger partial charge in [-0.25, -0.2) is 9.78 Å². The molecule has 0 N–H and O–H groups in total. The minimum atomic E-state index is -0.805. The highest BCUT2D eigenvalue weighted by atomic mass is 35.5. The number of aromatic nitrogens is 2. The summed E-state index contributed by atoms with van der Waals surface area (Å²) >= 11 is 5.81. The highest BCUT2D eigenvalue weighted by molar-refractivity contribution is 6.30. The number of ether oxygens (including phenoxy) is 2. The third-order valence-electron chi connectivity index (χ3n) is 3.68. The van der Waals surface area contributed by atoms with E-state index in [2.05, 4.69) is 4.98 Å². The average molecular weight is 373 g/mol. The van der Waals surface area contributed by atoms with Crippen LogP contribution in [0.4, 0.5) is 0 Å². The van der Waals surface area contributed by atoms with Gasteiger partial charge in [-0.3, -0.25) is 9.20 Å². The molecule has 6 nitrogen and oxygen atoms in total. The van der Waals surface area contributed by atoms with Gasteiger partial charge in [0.05, 0.1) is 5.69 Å². The summed E-state index contributed by atoms with van der Waals surface area (Å²) in [5.74, 6) is -0.0397. The molecule has 0 spiro atoms. The Morgan fingerprint density at radius 3 is 2.69 bits per heavy atom. The topological polar surface area (TPSA) is 69.9 Å². The zero-order chi connectivity index (χ0) is 18.7. The highest BCUT2D eigenvalue weighted by Crippen LogP contribution is 2.17. The molecular weight excluding hydrogens is 356 g/mol. The standard InChI is InChI=1S/C19H17ClN2O4/c1-12-3-8-17-21-15(9-18(23)22(17)10-12)11-25-19(24)13(2)26-16-6-4-14(20)5-7-16/h3-10,13H,11H2,1-2H3/t13-/m1/s1. The molecule has 1 aromatic carbocycles. The zero-order valence-electron chi connectivity index (χ0n) is 14.3. The Bertz CT molecular complexity index is 999. The predicted octanol–water partition coefficient (Wildman–Crippen LogP) is 3.17. The number of hydrogen-bond acceptors (Lipinski definition) is 5. The second-order valence-corrected chi connectivity index (χ2v) is 6.28. The fourth-order valence-corrected chi connectivity index (χ4v) is 2.49. The molecule has 26 heavy (non-hydrogen) atoms. The molecule has 3 rings (SSSR count). The number of aryl methyl sites for hydroxylation is 1. The van der Waals surface area contributed by atoms with Crippen LogP contribution in [0.3, 0.4) is 0 Å². The molecule has 0 fully saturated rings. The van der Waals surface area contributed by atoms with Crippen LogP contribution in [0.5, 0.6) is 5.75 Å². The number of carbonyl (C=O) groups is 1. The summed E-state index contributed by atoms with van der Waals surface area (Å²) in [6.07, 6.45) is 0.906. The van der Waals surface area contributed by atoms with E-state index < -0.39 is 12.1 Å². The van der Waals surface area contributed by atoms with Crippen LogP contribution in [0.1, 0.15) is 18.2 Å². The minimum absolute atomic E-state index is 0.104. The lowest BCUT2D eigenvalue weighted by atomic mass is 10.3. The van der Waals surface area contributed by atoms with E-state index in [1.165, 1.54) is 10.5 Å². The van der Waals surface area contributed by atoms with Gasteiger partial charge in [-0.2, -0.15) is 0 Å². The molecule has 2 heterocycles. The van der Waals surface area contributed by atoms with E-state index in [1.807, 2.05) is 13.0 Å². The molecule has 1 atom stereocenters. The van der Waals surface area contributed by atoms with E-state index >= 15 is 0 Å². The SMILES string of the molecule is Cc1ccc2nc(COC(=O)[C@@H](C)Oc3ccc(Cl)cc3)cc(=O)n2c1. The van der Waals surface area contributed by atoms with Crippen LogP contribution in [-0.4, -0.2) is 21.5 Å². The van der Waals surface area contributed by atoms with Crippen molar-refractivity contribution in [3.05, 3.63) is 75.3 Å². The smallest absolute Gasteiger partial charge is 0.347 e. The number of benzene rings is 1. The van der Waals surface area contributed by atoms with Crippen molar-refractivity contribution in [3.8, 4) is 5.75 Å². The van der Waals surface area contributed by atoms with Gasteiger partial charge in [-0.05, 0) is 49.7 Å². The molecule has 0 aliphatic heterocycles. The fraction of sp³-hybridized carbons (Fsp3) is 0.211. The van der Waals surface area contributed by atoms with E-state index in [0.717, 1.165) is 5.56 Å². The summed E-state index contributed by atoms with van der Waals surface area (Å²) in [6.45, 7) is 3.37. The first-order valence-corrected chi connectivity index (χ1v) is 8.38. The summed E-state index contributed by atoms with van der Waals surface area (Å²) in [6, 6.07) is 11.6. The van der Waals surface area contributed by atoms with Gasteiger partial charge in [-0.1, -0.05) is 17.7 Å². The van der Waals surface area contributed by atoms with Crippen molar-refractivity contribution in [1.82, 2.24) is 9.38 Å². The molecule has 0 radical (unpaired) electrons. The molecule has 7 heteroatoms. The Morgan fingerprint density at radius 1 is 1.23 bits per heavy atom. The van der Waals surface area contributed by atoms with Crippen LogP contribution in [0.25, 0.3) is 5.65 Å². The number of esters is 1. The molecule has 0 aliphatic carbocycles. The first-order chi connectivity index (χ1) is 12.4. The molecule has 2 aromatic heterocycles. The normalized spacial score (nSPS) is 12.0. The zero-order valence-corrected chi connectivity index (χ0v) is 15.1. The van der Waals surface area contributed by atoms with E-state index in [9.17, 15) is 9.59 Å². The Labute approximate surface area is 155 Å². The van der Waals surface area contributed by atoms with E-state index in [4.69, 9.17) is 21.1 Å². The van der Waals surface area contributed by atoms with Crippen molar-refractivity contribution in [2.24, 2.45) is 0 Å². The molecule has 0 unspecified atom stereocenters. The minimum Gasteiger partial charge on any atom is -0.479 e. The quantitative estimate of drug-likeness (QED) is 0.643. The number of rotatable bonds is 5. The number of hydrogen-bond donors (Lipinski definition) is 0. The second-order valence-electron chi connectivity index (χ2n) is 5.84. The number of fused-ring (bicyclic) bond motifs is 1. The average Bonchev–Trinajstić information content (AvgIpc) is 2.62. The number of nitrogens with zero attached hydrogens (tertiary/aromatic N) is 2. The predicted molar refractivity (Wildman–Crippen MR) is 97.5 cm³/mol. The maximum atomic E-state index is 12.1. The van der Waals surface area contributed by atoms with Crippen LogP contribution in [0.15, 0.2) is 53.5 Å². The molecule has 0 saturated heterocycles. The third kappa shape index (κ3) is 4.21. The van der Waals surface area contributed by atoms with E-state index in [-0.39, 0.29) is 12.2 Å². The Kier molecular flexibility index (Phi) is 5.23. The van der Waals surface area contributed by atoms with Gasteiger partial charge < -0.3 is 9.47 Å².